The lowest BCUT2D eigenvalue weighted by Crippen LogP contribution is -1.99. The van der Waals surface area contributed by atoms with Gasteiger partial charge in [-0.2, -0.15) is 0 Å². The van der Waals surface area contributed by atoms with Crippen molar-refractivity contribution in [2.75, 3.05) is 0 Å². The molecule has 3 heteroatoms. The van der Waals surface area contributed by atoms with Gasteiger partial charge in [-0.3, -0.25) is 0 Å². The van der Waals surface area contributed by atoms with Crippen LogP contribution >= 0.6 is 27.3 Å². The monoisotopic (exact) mass is 305 g/mol. The fourth-order valence-corrected chi connectivity index (χ4v) is 3.62. The Bertz CT molecular complexity index is 666. The van der Waals surface area contributed by atoms with Gasteiger partial charge in [-0.15, -0.1) is 11.3 Å². The first-order valence-electron chi connectivity index (χ1n) is 5.53. The maximum atomic E-state index is 3.51. The summed E-state index contributed by atoms with van der Waals surface area (Å²) >= 11 is 5.31. The van der Waals surface area contributed by atoms with E-state index in [4.69, 9.17) is 0 Å². The van der Waals surface area contributed by atoms with Gasteiger partial charge in [0.2, 0.25) is 0 Å². The van der Waals surface area contributed by atoms with Gasteiger partial charge in [-0.05, 0) is 52.5 Å². The summed E-state index contributed by atoms with van der Waals surface area (Å²) in [6.07, 6.45) is 0. The predicted octanol–water partition coefficient (Wildman–Crippen LogP) is 4.82. The minimum absolute atomic E-state index is 0.954. The van der Waals surface area contributed by atoms with Gasteiger partial charge in [-0.1, -0.05) is 18.2 Å². The molecule has 0 amide bonds. The van der Waals surface area contributed by atoms with E-state index < -0.39 is 0 Å². The molecule has 1 nitrogen and oxygen atoms in total. The Morgan fingerprint density at radius 1 is 1.18 bits per heavy atom. The largest absolute Gasteiger partial charge is 0.340 e. The Labute approximate surface area is 113 Å². The lowest BCUT2D eigenvalue weighted by atomic mass is 10.2. The van der Waals surface area contributed by atoms with Gasteiger partial charge in [0.05, 0.1) is 10.3 Å². The molecule has 0 saturated heterocycles. The molecule has 3 rings (SSSR count). The van der Waals surface area contributed by atoms with Crippen LogP contribution in [0.4, 0.5) is 0 Å². The topological polar surface area (TPSA) is 4.93 Å². The Hall–Kier alpha value is -1.06. The van der Waals surface area contributed by atoms with Gasteiger partial charge in [0, 0.05) is 16.1 Å². The third kappa shape index (κ3) is 2.05. The minimum atomic E-state index is 0.954. The summed E-state index contributed by atoms with van der Waals surface area (Å²) < 4.78 is 3.56. The van der Waals surface area contributed by atoms with Crippen LogP contribution in [0.5, 0.6) is 0 Å². The third-order valence-corrected chi connectivity index (χ3v) is 4.57. The first-order valence-corrected chi connectivity index (χ1v) is 7.14. The molecular formula is C14H12BrNS. The number of thiophene rings is 1. The van der Waals surface area contributed by atoms with E-state index in [1.54, 1.807) is 11.3 Å². The number of aryl methyl sites for hydroxylation is 1. The molecule has 0 fully saturated rings. The Balaban J connectivity index is 2.08. The van der Waals surface area contributed by atoms with E-state index in [2.05, 4.69) is 69.9 Å². The van der Waals surface area contributed by atoms with Crippen LogP contribution in [0.25, 0.3) is 10.9 Å². The molecule has 0 aliphatic carbocycles. The van der Waals surface area contributed by atoms with Crippen LogP contribution in [0.2, 0.25) is 0 Å². The molecule has 2 aromatic heterocycles. The molecule has 3 aromatic rings. The van der Waals surface area contributed by atoms with Crippen molar-refractivity contribution in [1.29, 1.82) is 0 Å². The van der Waals surface area contributed by atoms with Crippen molar-refractivity contribution in [1.82, 2.24) is 4.57 Å². The van der Waals surface area contributed by atoms with E-state index in [-0.39, 0.29) is 0 Å². The molecule has 0 saturated carbocycles. The van der Waals surface area contributed by atoms with E-state index in [0.29, 0.717) is 0 Å². The third-order valence-electron chi connectivity index (χ3n) is 2.96. The number of fused-ring (bicyclic) bond motifs is 1. The fraction of sp³-hybridized carbons (Fsp3) is 0.143. The van der Waals surface area contributed by atoms with Gasteiger partial charge in [0.1, 0.15) is 0 Å². The van der Waals surface area contributed by atoms with Crippen molar-refractivity contribution >= 4 is 38.2 Å². The van der Waals surface area contributed by atoms with E-state index in [0.717, 1.165) is 6.54 Å². The highest BCUT2D eigenvalue weighted by Gasteiger charge is 2.06. The van der Waals surface area contributed by atoms with Crippen LogP contribution in [-0.2, 0) is 6.54 Å². The average Bonchev–Trinajstić information content (AvgIpc) is 2.85. The minimum Gasteiger partial charge on any atom is -0.340 e. The van der Waals surface area contributed by atoms with Crippen molar-refractivity contribution < 1.29 is 0 Å². The Kier molecular flexibility index (Phi) is 2.81. The Morgan fingerprint density at radius 3 is 2.76 bits per heavy atom. The highest BCUT2D eigenvalue weighted by Crippen LogP contribution is 2.26. The van der Waals surface area contributed by atoms with Gasteiger partial charge in [-0.25, -0.2) is 0 Å². The second-order valence-corrected chi connectivity index (χ2v) is 6.68. The summed E-state index contributed by atoms with van der Waals surface area (Å²) in [5.74, 6) is 0. The van der Waals surface area contributed by atoms with E-state index in [9.17, 15) is 0 Å². The molecule has 0 spiro atoms. The maximum Gasteiger partial charge on any atom is 0.0702 e. The molecular weight excluding hydrogens is 294 g/mol. The first-order chi connectivity index (χ1) is 8.24. The number of rotatable bonds is 2. The smallest absolute Gasteiger partial charge is 0.0702 e. The lowest BCUT2D eigenvalue weighted by molar-refractivity contribution is 0.817. The number of hydrogen-bond acceptors (Lipinski definition) is 1. The van der Waals surface area contributed by atoms with E-state index >= 15 is 0 Å². The second kappa shape index (κ2) is 4.31. The maximum absolute atomic E-state index is 3.51. The van der Waals surface area contributed by atoms with Crippen LogP contribution in [0, 0.1) is 6.92 Å². The SMILES string of the molecule is Cc1cc2ccccc2n1Cc1ccc(Br)s1. The molecule has 0 unspecified atom stereocenters. The highest BCUT2D eigenvalue weighted by atomic mass is 79.9. The van der Waals surface area contributed by atoms with Crippen LogP contribution in [0.15, 0.2) is 46.3 Å². The molecule has 0 bridgehead atoms. The molecule has 0 N–H and O–H groups in total. The number of aromatic nitrogens is 1. The molecule has 0 aliphatic heterocycles. The van der Waals surface area contributed by atoms with Gasteiger partial charge in [0.25, 0.3) is 0 Å². The van der Waals surface area contributed by atoms with Gasteiger partial charge in [0.15, 0.2) is 0 Å². The molecule has 0 radical (unpaired) electrons. The predicted molar refractivity (Wildman–Crippen MR) is 77.8 cm³/mol. The van der Waals surface area contributed by atoms with Crippen molar-refractivity contribution in [2.45, 2.75) is 13.5 Å². The zero-order valence-electron chi connectivity index (χ0n) is 9.48. The number of halogens is 1. The van der Waals surface area contributed by atoms with Gasteiger partial charge < -0.3 is 4.57 Å². The molecule has 2 heterocycles. The van der Waals surface area contributed by atoms with Crippen molar-refractivity contribution in [2.24, 2.45) is 0 Å². The van der Waals surface area contributed by atoms with E-state index in [1.807, 2.05) is 0 Å². The number of para-hydroxylation sites is 1. The summed E-state index contributed by atoms with van der Waals surface area (Å²) in [7, 11) is 0. The molecule has 0 atom stereocenters. The zero-order valence-corrected chi connectivity index (χ0v) is 11.9. The average molecular weight is 306 g/mol. The fourth-order valence-electron chi connectivity index (χ4n) is 2.15. The van der Waals surface area contributed by atoms with Crippen LogP contribution in [0.3, 0.4) is 0 Å². The molecule has 1 aromatic carbocycles. The number of nitrogens with zero attached hydrogens (tertiary/aromatic N) is 1. The van der Waals surface area contributed by atoms with Crippen LogP contribution < -0.4 is 0 Å². The summed E-state index contributed by atoms with van der Waals surface area (Å²) in [6, 6.07) is 15.1. The zero-order chi connectivity index (χ0) is 11.8. The van der Waals surface area contributed by atoms with Crippen LogP contribution in [0.1, 0.15) is 10.6 Å². The number of benzene rings is 1. The quantitative estimate of drug-likeness (QED) is 0.639. The molecule has 86 valence electrons. The molecule has 17 heavy (non-hydrogen) atoms. The standard InChI is InChI=1S/C14H12BrNS/c1-10-8-11-4-2-3-5-13(11)16(10)9-12-6-7-14(15)17-12/h2-8H,9H2,1H3. The Morgan fingerprint density at radius 2 is 2.00 bits per heavy atom. The van der Waals surface area contributed by atoms with Crippen molar-refractivity contribution in [3.8, 4) is 0 Å². The highest BCUT2D eigenvalue weighted by molar-refractivity contribution is 9.11. The molecule has 0 aliphatic rings. The summed E-state index contributed by atoms with van der Waals surface area (Å²) in [4.78, 5) is 1.38. The summed E-state index contributed by atoms with van der Waals surface area (Å²) in [5.41, 5.74) is 2.63. The summed E-state index contributed by atoms with van der Waals surface area (Å²) in [6.45, 7) is 3.12. The van der Waals surface area contributed by atoms with Gasteiger partial charge >= 0.3 is 0 Å². The van der Waals surface area contributed by atoms with Crippen molar-refractivity contribution in [3.63, 3.8) is 0 Å². The lowest BCUT2D eigenvalue weighted by Gasteiger charge is -2.06. The second-order valence-electron chi connectivity index (χ2n) is 4.14. The summed E-state index contributed by atoms with van der Waals surface area (Å²) in [5, 5.41) is 1.32. The van der Waals surface area contributed by atoms with Crippen LogP contribution in [-0.4, -0.2) is 4.57 Å². The normalized spacial score (nSPS) is 11.2. The van der Waals surface area contributed by atoms with Crippen molar-refractivity contribution in [3.05, 3.63) is 56.8 Å². The first kappa shape index (κ1) is 11.1. The number of hydrogen-bond donors (Lipinski definition) is 0. The van der Waals surface area contributed by atoms with E-state index in [1.165, 1.54) is 25.3 Å².